The van der Waals surface area contributed by atoms with Crippen LogP contribution >= 0.6 is 11.3 Å². The monoisotopic (exact) mass is 474 g/mol. The Morgan fingerprint density at radius 2 is 1.70 bits per heavy atom. The van der Waals surface area contributed by atoms with Gasteiger partial charge in [0.05, 0.1) is 17.6 Å². The molecule has 0 aliphatic heterocycles. The highest BCUT2D eigenvalue weighted by atomic mass is 32.1. The number of hydrogen-bond acceptors (Lipinski definition) is 8. The van der Waals surface area contributed by atoms with Crippen molar-refractivity contribution in [3.8, 4) is 0 Å². The van der Waals surface area contributed by atoms with Crippen LogP contribution in [0.25, 0.3) is 20.2 Å². The van der Waals surface area contributed by atoms with Gasteiger partial charge in [-0.3, -0.25) is 4.79 Å². The highest BCUT2D eigenvalue weighted by Crippen LogP contribution is 2.26. The largest absolute Gasteiger partial charge is 0.459 e. The van der Waals surface area contributed by atoms with E-state index in [1.54, 1.807) is 24.3 Å². The fourth-order valence-corrected chi connectivity index (χ4v) is 4.34. The van der Waals surface area contributed by atoms with Crippen LogP contribution in [0.2, 0.25) is 0 Å². The van der Waals surface area contributed by atoms with Crippen LogP contribution in [0.5, 0.6) is 0 Å². The molecule has 0 fully saturated rings. The lowest BCUT2D eigenvalue weighted by molar-refractivity contribution is -0.127. The number of carbonyl (C=O) groups excluding carboxylic acids is 1. The summed E-state index contributed by atoms with van der Waals surface area (Å²) in [6, 6.07) is 12.4. The molecule has 0 bridgehead atoms. The maximum atomic E-state index is 13.0. The van der Waals surface area contributed by atoms with Crippen LogP contribution in [0.15, 0.2) is 47.3 Å². The molecule has 2 unspecified atom stereocenters. The first kappa shape index (κ1) is 25.3. The summed E-state index contributed by atoms with van der Waals surface area (Å²) in [6.07, 6.45) is -0.294. The number of benzene rings is 2. The summed E-state index contributed by atoms with van der Waals surface area (Å²) in [5, 5.41) is 20.5. The lowest BCUT2D eigenvalue weighted by atomic mass is 10.1. The van der Waals surface area contributed by atoms with Gasteiger partial charge in [0.15, 0.2) is 11.7 Å². The first-order valence-electron chi connectivity index (χ1n) is 11.1. The van der Waals surface area contributed by atoms with E-state index < -0.39 is 18.4 Å². The van der Waals surface area contributed by atoms with Crippen LogP contribution in [0.3, 0.4) is 0 Å². The van der Waals surface area contributed by atoms with Crippen LogP contribution in [-0.4, -0.2) is 55.0 Å². The Labute approximate surface area is 196 Å². The predicted molar refractivity (Wildman–Crippen MR) is 129 cm³/mol. The molecule has 0 aliphatic rings. The van der Waals surface area contributed by atoms with Crippen molar-refractivity contribution in [2.45, 2.75) is 39.1 Å². The molecule has 0 spiro atoms. The number of ether oxygens (including phenoxy) is 3. The average Bonchev–Trinajstić information content (AvgIpc) is 2.81. The molecule has 178 valence electrons. The van der Waals surface area contributed by atoms with Crippen molar-refractivity contribution in [3.63, 3.8) is 0 Å². The maximum absolute atomic E-state index is 13.0. The van der Waals surface area contributed by atoms with Crippen molar-refractivity contribution in [1.82, 2.24) is 0 Å². The molecule has 0 amide bonds. The molecule has 1 aromatic heterocycles. The molecule has 0 saturated heterocycles. The smallest absolute Gasteiger partial charge is 0.339 e. The first-order chi connectivity index (χ1) is 15.9. The summed E-state index contributed by atoms with van der Waals surface area (Å²) in [6.45, 7) is 4.41. The Morgan fingerprint density at radius 1 is 0.970 bits per heavy atom. The van der Waals surface area contributed by atoms with E-state index in [2.05, 4.69) is 0 Å². The van der Waals surface area contributed by atoms with Crippen LogP contribution in [0, 0.1) is 5.92 Å². The van der Waals surface area contributed by atoms with Gasteiger partial charge in [-0.2, -0.15) is 0 Å². The molecular weight excluding hydrogens is 444 g/mol. The van der Waals surface area contributed by atoms with Crippen molar-refractivity contribution in [3.05, 3.63) is 58.3 Å². The number of rotatable bonds is 12. The number of aliphatic hydroxyl groups excluding tert-OH is 2. The second kappa shape index (κ2) is 12.2. The van der Waals surface area contributed by atoms with E-state index in [0.717, 1.165) is 11.1 Å². The molecule has 33 heavy (non-hydrogen) atoms. The fourth-order valence-electron chi connectivity index (χ4n) is 3.24. The summed E-state index contributed by atoms with van der Waals surface area (Å²) in [7, 11) is 0. The van der Waals surface area contributed by atoms with E-state index >= 15 is 0 Å². The van der Waals surface area contributed by atoms with E-state index in [0.29, 0.717) is 35.1 Å². The molecule has 0 saturated carbocycles. The molecule has 0 radical (unpaired) electrons. The molecular formula is C25H30O7S. The van der Waals surface area contributed by atoms with Crippen molar-refractivity contribution in [2.75, 3.05) is 26.4 Å². The van der Waals surface area contributed by atoms with Gasteiger partial charge in [-0.1, -0.05) is 32.0 Å². The van der Waals surface area contributed by atoms with E-state index in [9.17, 15) is 19.8 Å². The highest BCUT2D eigenvalue weighted by Gasteiger charge is 2.18. The van der Waals surface area contributed by atoms with Gasteiger partial charge in [0.1, 0.15) is 12.7 Å². The number of hydrogen-bond donors (Lipinski definition) is 2. The first-order valence-corrected chi connectivity index (χ1v) is 11.9. The van der Waals surface area contributed by atoms with Gasteiger partial charge in [-0.05, 0) is 37.1 Å². The average molecular weight is 475 g/mol. The van der Waals surface area contributed by atoms with Gasteiger partial charge >= 0.3 is 5.97 Å². The summed E-state index contributed by atoms with van der Waals surface area (Å²) in [5.41, 5.74) is -0.0168. The third-order valence-electron chi connectivity index (χ3n) is 5.08. The maximum Gasteiger partial charge on any atom is 0.339 e. The van der Waals surface area contributed by atoms with Gasteiger partial charge in [0, 0.05) is 33.9 Å². The predicted octanol–water partition coefficient (Wildman–Crippen LogP) is 3.72. The molecule has 2 aromatic carbocycles. The van der Waals surface area contributed by atoms with Crippen LogP contribution in [0.4, 0.5) is 0 Å². The minimum Gasteiger partial charge on any atom is -0.459 e. The van der Waals surface area contributed by atoms with E-state index in [4.69, 9.17) is 14.2 Å². The van der Waals surface area contributed by atoms with E-state index in [-0.39, 0.29) is 30.1 Å². The molecule has 2 N–H and O–H groups in total. The zero-order valence-electron chi connectivity index (χ0n) is 18.9. The Morgan fingerprint density at radius 3 is 2.48 bits per heavy atom. The zero-order chi connectivity index (χ0) is 23.8. The Bertz CT molecular complexity index is 1120. The standard InChI is InChI=1S/C25H30O7S/c1-16(2)24(28)31-13-6-5-12-30-14-17(26)15-32-25(29)19-9-7-11-21-22(19)23(27)18-8-3-4-10-20(18)33-21/h3-4,7-11,16-17,24,26,28H,5-6,12-15H2,1-2H3. The van der Waals surface area contributed by atoms with Gasteiger partial charge < -0.3 is 24.4 Å². The summed E-state index contributed by atoms with van der Waals surface area (Å²) >= 11 is 1.44. The van der Waals surface area contributed by atoms with Crippen molar-refractivity contribution in [2.24, 2.45) is 5.92 Å². The normalized spacial score (nSPS) is 13.5. The van der Waals surface area contributed by atoms with E-state index in [1.165, 1.54) is 11.3 Å². The Hall–Kier alpha value is -2.36. The summed E-state index contributed by atoms with van der Waals surface area (Å²) < 4.78 is 17.5. The van der Waals surface area contributed by atoms with Gasteiger partial charge in [0.2, 0.25) is 0 Å². The van der Waals surface area contributed by atoms with Gasteiger partial charge in [0.25, 0.3) is 0 Å². The van der Waals surface area contributed by atoms with Crippen LogP contribution < -0.4 is 5.43 Å². The second-order valence-corrected chi connectivity index (χ2v) is 9.23. The number of unbranched alkanes of at least 4 members (excludes halogenated alkanes) is 1. The zero-order valence-corrected chi connectivity index (χ0v) is 19.7. The molecule has 1 heterocycles. The quantitative estimate of drug-likeness (QED) is 0.178. The SMILES string of the molecule is CC(C)C(O)OCCCCOCC(O)COC(=O)c1cccc2sc3ccccc3c(=O)c12. The van der Waals surface area contributed by atoms with Gasteiger partial charge in [-0.15, -0.1) is 11.3 Å². The molecule has 8 heteroatoms. The van der Waals surface area contributed by atoms with Crippen molar-refractivity contribution >= 4 is 37.5 Å². The Kier molecular flexibility index (Phi) is 9.34. The molecule has 3 aromatic rings. The number of aliphatic hydroxyl groups is 2. The number of carbonyl (C=O) groups is 1. The Balaban J connectivity index is 1.48. The fraction of sp³-hybridized carbons (Fsp3) is 0.440. The molecule has 0 aliphatic carbocycles. The van der Waals surface area contributed by atoms with Crippen LogP contribution in [0.1, 0.15) is 37.0 Å². The summed E-state index contributed by atoms with van der Waals surface area (Å²) in [5.74, 6) is -0.603. The second-order valence-electron chi connectivity index (χ2n) is 8.15. The lowest BCUT2D eigenvalue weighted by Gasteiger charge is -2.15. The van der Waals surface area contributed by atoms with Gasteiger partial charge in [-0.25, -0.2) is 4.79 Å². The number of fused-ring (bicyclic) bond motifs is 2. The van der Waals surface area contributed by atoms with E-state index in [1.807, 2.05) is 32.0 Å². The third-order valence-corrected chi connectivity index (χ3v) is 6.22. The van der Waals surface area contributed by atoms with Crippen molar-refractivity contribution in [1.29, 1.82) is 0 Å². The highest BCUT2D eigenvalue weighted by molar-refractivity contribution is 7.24. The summed E-state index contributed by atoms with van der Waals surface area (Å²) in [4.78, 5) is 25.6. The number of esters is 1. The minimum atomic E-state index is -0.974. The molecule has 2 atom stereocenters. The third kappa shape index (κ3) is 6.82. The van der Waals surface area contributed by atoms with Crippen LogP contribution in [-0.2, 0) is 14.2 Å². The lowest BCUT2D eigenvalue weighted by Crippen LogP contribution is -2.24. The molecule has 3 rings (SSSR count). The molecule has 7 nitrogen and oxygen atoms in total. The van der Waals surface area contributed by atoms with Crippen molar-refractivity contribution < 1.29 is 29.2 Å². The minimum absolute atomic E-state index is 0.0256. The topological polar surface area (TPSA) is 102 Å².